The van der Waals surface area contributed by atoms with E-state index in [2.05, 4.69) is 6.07 Å². The Morgan fingerprint density at radius 1 is 1.11 bits per heavy atom. The quantitative estimate of drug-likeness (QED) is 0.911. The summed E-state index contributed by atoms with van der Waals surface area (Å²) in [6, 6.07) is 13.0. The van der Waals surface area contributed by atoms with Gasteiger partial charge < -0.3 is 9.84 Å². The molecule has 0 fully saturated rings. The molecule has 1 N–H and O–H groups in total. The van der Waals surface area contributed by atoms with Gasteiger partial charge in [0.15, 0.2) is 0 Å². The topological polar surface area (TPSA) is 53.2 Å². The summed E-state index contributed by atoms with van der Waals surface area (Å²) in [6.45, 7) is 3.89. The van der Waals surface area contributed by atoms with Crippen LogP contribution in [0.4, 0.5) is 0 Å². The van der Waals surface area contributed by atoms with Gasteiger partial charge in [-0.2, -0.15) is 5.26 Å². The Kier molecular flexibility index (Phi) is 3.84. The number of hydrogen-bond donors (Lipinski definition) is 1. The first-order chi connectivity index (χ1) is 9.13. The van der Waals surface area contributed by atoms with E-state index in [4.69, 9.17) is 15.1 Å². The molecule has 2 rings (SSSR count). The molecule has 0 saturated heterocycles. The van der Waals surface area contributed by atoms with E-state index in [1.165, 1.54) is 0 Å². The van der Waals surface area contributed by atoms with Crippen molar-refractivity contribution in [3.63, 3.8) is 0 Å². The molecule has 0 spiro atoms. The molecular formula is C16H15NO2. The lowest BCUT2D eigenvalue weighted by molar-refractivity contribution is 0.281. The van der Waals surface area contributed by atoms with E-state index < -0.39 is 0 Å². The normalized spacial score (nSPS) is 10.0. The van der Waals surface area contributed by atoms with Gasteiger partial charge >= 0.3 is 0 Å². The van der Waals surface area contributed by atoms with Crippen LogP contribution in [0, 0.1) is 25.2 Å². The van der Waals surface area contributed by atoms with Gasteiger partial charge in [-0.15, -0.1) is 0 Å². The van der Waals surface area contributed by atoms with E-state index in [9.17, 15) is 0 Å². The zero-order valence-corrected chi connectivity index (χ0v) is 11.0. The van der Waals surface area contributed by atoms with Gasteiger partial charge in [-0.1, -0.05) is 12.1 Å². The van der Waals surface area contributed by atoms with Crippen molar-refractivity contribution in [2.24, 2.45) is 0 Å². The third-order valence-electron chi connectivity index (χ3n) is 3.03. The predicted octanol–water partition coefficient (Wildman–Crippen LogP) is 3.46. The molecule has 0 radical (unpaired) electrons. The van der Waals surface area contributed by atoms with Gasteiger partial charge in [0, 0.05) is 0 Å². The van der Waals surface area contributed by atoms with Crippen molar-refractivity contribution >= 4 is 0 Å². The van der Waals surface area contributed by atoms with Crippen LogP contribution in [0.1, 0.15) is 22.3 Å². The Morgan fingerprint density at radius 3 is 2.53 bits per heavy atom. The molecule has 0 atom stereocenters. The third-order valence-corrected chi connectivity index (χ3v) is 3.03. The minimum atomic E-state index is 0.0229. The van der Waals surface area contributed by atoms with Crippen LogP contribution in [0.15, 0.2) is 36.4 Å². The minimum absolute atomic E-state index is 0.0229. The Hall–Kier alpha value is -2.31. The first-order valence-corrected chi connectivity index (χ1v) is 6.03. The Labute approximate surface area is 112 Å². The van der Waals surface area contributed by atoms with Crippen molar-refractivity contribution in [1.82, 2.24) is 0 Å². The van der Waals surface area contributed by atoms with Crippen molar-refractivity contribution in [2.75, 3.05) is 0 Å². The summed E-state index contributed by atoms with van der Waals surface area (Å²) in [5.74, 6) is 1.38. The molecule has 0 aromatic heterocycles. The standard InChI is InChI=1S/C16H15NO2/c1-11-3-4-13(9-17)8-16(11)19-15-6-5-14(10-18)12(2)7-15/h3-8,18H,10H2,1-2H3. The second kappa shape index (κ2) is 5.55. The number of rotatable bonds is 3. The zero-order chi connectivity index (χ0) is 13.8. The first-order valence-electron chi connectivity index (χ1n) is 6.03. The zero-order valence-electron chi connectivity index (χ0n) is 11.0. The van der Waals surface area contributed by atoms with Gasteiger partial charge in [-0.25, -0.2) is 0 Å². The highest BCUT2D eigenvalue weighted by Crippen LogP contribution is 2.27. The molecule has 0 amide bonds. The highest BCUT2D eigenvalue weighted by Gasteiger charge is 2.05. The van der Waals surface area contributed by atoms with E-state index >= 15 is 0 Å². The molecule has 2 aromatic carbocycles. The van der Waals surface area contributed by atoms with Crippen molar-refractivity contribution in [3.8, 4) is 17.6 Å². The molecule has 0 bridgehead atoms. The molecule has 3 heteroatoms. The van der Waals surface area contributed by atoms with Crippen LogP contribution in [-0.2, 0) is 6.61 Å². The van der Waals surface area contributed by atoms with E-state index in [0.717, 1.165) is 16.7 Å². The van der Waals surface area contributed by atoms with Crippen LogP contribution in [-0.4, -0.2) is 5.11 Å². The van der Waals surface area contributed by atoms with Crippen molar-refractivity contribution in [2.45, 2.75) is 20.5 Å². The number of aliphatic hydroxyl groups is 1. The maximum absolute atomic E-state index is 9.13. The van der Waals surface area contributed by atoms with Gasteiger partial charge in [0.05, 0.1) is 18.2 Å². The molecular weight excluding hydrogens is 238 g/mol. The second-order valence-electron chi connectivity index (χ2n) is 4.44. The van der Waals surface area contributed by atoms with Crippen LogP contribution in [0.5, 0.6) is 11.5 Å². The molecule has 0 unspecified atom stereocenters. The van der Waals surface area contributed by atoms with E-state index in [1.807, 2.05) is 38.1 Å². The van der Waals surface area contributed by atoms with Crippen molar-refractivity contribution in [1.29, 1.82) is 5.26 Å². The highest BCUT2D eigenvalue weighted by atomic mass is 16.5. The summed E-state index contributed by atoms with van der Waals surface area (Å²) in [6.07, 6.45) is 0. The van der Waals surface area contributed by atoms with Gasteiger partial charge in [0.2, 0.25) is 0 Å². The summed E-state index contributed by atoms with van der Waals surface area (Å²) in [5, 5.41) is 18.0. The van der Waals surface area contributed by atoms with Crippen molar-refractivity contribution in [3.05, 3.63) is 58.7 Å². The fraction of sp³-hybridized carbons (Fsp3) is 0.188. The maximum Gasteiger partial charge on any atom is 0.131 e. The predicted molar refractivity (Wildman–Crippen MR) is 73.1 cm³/mol. The molecule has 96 valence electrons. The summed E-state index contributed by atoms with van der Waals surface area (Å²) in [5.41, 5.74) is 3.41. The lowest BCUT2D eigenvalue weighted by Crippen LogP contribution is -1.92. The number of hydrogen-bond acceptors (Lipinski definition) is 3. The number of ether oxygens (including phenoxy) is 1. The summed E-state index contributed by atoms with van der Waals surface area (Å²) < 4.78 is 5.80. The molecule has 0 aliphatic heterocycles. The highest BCUT2D eigenvalue weighted by molar-refractivity contribution is 5.45. The van der Waals surface area contributed by atoms with Crippen LogP contribution < -0.4 is 4.74 Å². The Balaban J connectivity index is 2.31. The monoisotopic (exact) mass is 253 g/mol. The van der Waals surface area contributed by atoms with Crippen LogP contribution in [0.2, 0.25) is 0 Å². The fourth-order valence-corrected chi connectivity index (χ4v) is 1.82. The summed E-state index contributed by atoms with van der Waals surface area (Å²) in [4.78, 5) is 0. The lowest BCUT2D eigenvalue weighted by atomic mass is 10.1. The number of aliphatic hydroxyl groups excluding tert-OH is 1. The first kappa shape index (κ1) is 13.1. The average Bonchev–Trinajstić information content (AvgIpc) is 2.41. The van der Waals surface area contributed by atoms with E-state index in [1.54, 1.807) is 12.1 Å². The number of nitrogens with zero attached hydrogens (tertiary/aromatic N) is 1. The molecule has 0 saturated carbocycles. The van der Waals surface area contributed by atoms with E-state index in [0.29, 0.717) is 17.1 Å². The number of aryl methyl sites for hydroxylation is 2. The van der Waals surface area contributed by atoms with Gasteiger partial charge in [0.25, 0.3) is 0 Å². The fourth-order valence-electron chi connectivity index (χ4n) is 1.82. The average molecular weight is 253 g/mol. The summed E-state index contributed by atoms with van der Waals surface area (Å²) >= 11 is 0. The van der Waals surface area contributed by atoms with Gasteiger partial charge in [0.1, 0.15) is 11.5 Å². The molecule has 2 aromatic rings. The molecule has 0 aliphatic rings. The molecule has 0 heterocycles. The Bertz CT molecular complexity index is 642. The SMILES string of the molecule is Cc1cc(Oc2cc(C#N)ccc2C)ccc1CO. The largest absolute Gasteiger partial charge is 0.457 e. The maximum atomic E-state index is 9.13. The second-order valence-corrected chi connectivity index (χ2v) is 4.44. The third kappa shape index (κ3) is 2.93. The lowest BCUT2D eigenvalue weighted by Gasteiger charge is -2.11. The summed E-state index contributed by atoms with van der Waals surface area (Å²) in [7, 11) is 0. The minimum Gasteiger partial charge on any atom is -0.457 e. The number of nitriles is 1. The van der Waals surface area contributed by atoms with Crippen LogP contribution in [0.3, 0.4) is 0 Å². The van der Waals surface area contributed by atoms with Gasteiger partial charge in [-0.05, 0) is 54.8 Å². The molecule has 0 aliphatic carbocycles. The van der Waals surface area contributed by atoms with Crippen molar-refractivity contribution < 1.29 is 9.84 Å². The molecule has 19 heavy (non-hydrogen) atoms. The van der Waals surface area contributed by atoms with Crippen LogP contribution >= 0.6 is 0 Å². The van der Waals surface area contributed by atoms with Crippen LogP contribution in [0.25, 0.3) is 0 Å². The van der Waals surface area contributed by atoms with Gasteiger partial charge in [-0.3, -0.25) is 0 Å². The Morgan fingerprint density at radius 2 is 1.89 bits per heavy atom. The van der Waals surface area contributed by atoms with E-state index in [-0.39, 0.29) is 6.61 Å². The smallest absolute Gasteiger partial charge is 0.131 e. The molecule has 3 nitrogen and oxygen atoms in total. The number of benzene rings is 2.